The van der Waals surface area contributed by atoms with Crippen molar-refractivity contribution in [3.05, 3.63) is 47.3 Å². The summed E-state index contributed by atoms with van der Waals surface area (Å²) in [7, 11) is -4.20. The normalized spacial score (nSPS) is 16.2. The van der Waals surface area contributed by atoms with E-state index < -0.39 is 26.6 Å². The molecule has 10 heteroatoms. The minimum atomic E-state index is -4.20. The van der Waals surface area contributed by atoms with Crippen molar-refractivity contribution < 1.29 is 22.0 Å². The van der Waals surface area contributed by atoms with Crippen molar-refractivity contribution >= 4 is 15.9 Å². The highest BCUT2D eigenvalue weighted by molar-refractivity contribution is 7.89. The Kier molecular flexibility index (Phi) is 6.25. The highest BCUT2D eigenvalue weighted by atomic mass is 32.2. The number of hydrogen-bond acceptors (Lipinski definition) is 4. The maximum Gasteiger partial charge on any atom is 0.274 e. The van der Waals surface area contributed by atoms with Gasteiger partial charge in [0, 0.05) is 31.9 Å². The molecule has 0 N–H and O–H groups in total. The number of amides is 1. The van der Waals surface area contributed by atoms with Crippen LogP contribution in [0.2, 0.25) is 0 Å². The molecule has 0 aliphatic carbocycles. The minimum absolute atomic E-state index is 0.0129. The van der Waals surface area contributed by atoms with Gasteiger partial charge in [0.15, 0.2) is 5.69 Å². The van der Waals surface area contributed by atoms with Crippen LogP contribution < -0.4 is 0 Å². The molecule has 1 fully saturated rings. The van der Waals surface area contributed by atoms with Crippen molar-refractivity contribution in [1.82, 2.24) is 19.0 Å². The summed E-state index contributed by atoms with van der Waals surface area (Å²) < 4.78 is 55.9. The third-order valence-electron chi connectivity index (χ3n) is 5.22. The van der Waals surface area contributed by atoms with Gasteiger partial charge in [-0.05, 0) is 51.0 Å². The zero-order valence-electron chi connectivity index (χ0n) is 18.4. The van der Waals surface area contributed by atoms with Gasteiger partial charge in [-0.15, -0.1) is 0 Å². The van der Waals surface area contributed by atoms with Crippen LogP contribution in [0.4, 0.5) is 8.78 Å². The van der Waals surface area contributed by atoms with Gasteiger partial charge in [0.1, 0.15) is 16.5 Å². The van der Waals surface area contributed by atoms with Gasteiger partial charge in [0.05, 0.1) is 5.54 Å². The van der Waals surface area contributed by atoms with Crippen LogP contribution >= 0.6 is 0 Å². The Morgan fingerprint density at radius 3 is 2.19 bits per heavy atom. The smallest absolute Gasteiger partial charge is 0.274 e. The predicted molar refractivity (Wildman–Crippen MR) is 112 cm³/mol. The minimum Gasteiger partial charge on any atom is -0.335 e. The second kappa shape index (κ2) is 8.31. The monoisotopic (exact) mass is 454 g/mol. The van der Waals surface area contributed by atoms with Crippen molar-refractivity contribution in [3.8, 4) is 0 Å². The standard InChI is InChI=1S/C21H28F2N4O3S/c1-14(2)18-13-17(24-27(18)21(3,4)5)20(28)25-8-10-26(11-9-25)31(29,30)19-12-15(22)6-7-16(19)23/h6-7,12-14H,8-11H2,1-5H3. The molecule has 0 bridgehead atoms. The Labute approximate surface area is 181 Å². The fraction of sp³-hybridized carbons (Fsp3) is 0.524. The summed E-state index contributed by atoms with van der Waals surface area (Å²) in [4.78, 5) is 13.9. The number of rotatable bonds is 4. The van der Waals surface area contributed by atoms with Gasteiger partial charge < -0.3 is 4.90 Å². The van der Waals surface area contributed by atoms with Crippen LogP contribution in [-0.4, -0.2) is 59.5 Å². The van der Waals surface area contributed by atoms with Crippen molar-refractivity contribution in [2.24, 2.45) is 0 Å². The molecule has 7 nitrogen and oxygen atoms in total. The van der Waals surface area contributed by atoms with E-state index in [0.717, 1.165) is 22.1 Å². The number of carbonyl (C=O) groups excluding carboxylic acids is 1. The fourth-order valence-corrected chi connectivity index (χ4v) is 5.05. The van der Waals surface area contributed by atoms with E-state index in [0.29, 0.717) is 11.8 Å². The van der Waals surface area contributed by atoms with Gasteiger partial charge >= 0.3 is 0 Å². The van der Waals surface area contributed by atoms with Crippen LogP contribution in [0.3, 0.4) is 0 Å². The number of nitrogens with zero attached hydrogens (tertiary/aromatic N) is 4. The first kappa shape index (κ1) is 23.3. The predicted octanol–water partition coefficient (Wildman–Crippen LogP) is 3.19. The molecule has 0 radical (unpaired) electrons. The molecule has 0 unspecified atom stereocenters. The number of benzene rings is 1. The lowest BCUT2D eigenvalue weighted by atomic mass is 10.1. The van der Waals surface area contributed by atoms with Crippen molar-refractivity contribution in [2.75, 3.05) is 26.2 Å². The molecule has 170 valence electrons. The largest absolute Gasteiger partial charge is 0.335 e. The molecule has 2 aromatic rings. The summed E-state index contributed by atoms with van der Waals surface area (Å²) in [5.41, 5.74) is 0.963. The van der Waals surface area contributed by atoms with Crippen LogP contribution in [0.1, 0.15) is 56.7 Å². The lowest BCUT2D eigenvalue weighted by molar-refractivity contribution is 0.0690. The SMILES string of the molecule is CC(C)c1cc(C(=O)N2CCN(S(=O)(=O)c3cc(F)ccc3F)CC2)nn1C(C)(C)C. The van der Waals surface area contributed by atoms with Crippen LogP contribution in [-0.2, 0) is 15.6 Å². The first-order valence-corrected chi connectivity index (χ1v) is 11.6. The van der Waals surface area contributed by atoms with Crippen LogP contribution in [0.25, 0.3) is 0 Å². The molecule has 31 heavy (non-hydrogen) atoms. The van der Waals surface area contributed by atoms with Crippen LogP contribution in [0.5, 0.6) is 0 Å². The van der Waals surface area contributed by atoms with E-state index in [1.54, 1.807) is 6.07 Å². The number of halogens is 2. The summed E-state index contributed by atoms with van der Waals surface area (Å²) in [6.07, 6.45) is 0. The Bertz CT molecular complexity index is 1080. The number of sulfonamides is 1. The Hall–Kier alpha value is -2.33. The fourth-order valence-electron chi connectivity index (χ4n) is 3.56. The molecule has 1 aliphatic heterocycles. The zero-order valence-corrected chi connectivity index (χ0v) is 19.2. The Morgan fingerprint density at radius 1 is 1.06 bits per heavy atom. The van der Waals surface area contributed by atoms with Crippen LogP contribution in [0.15, 0.2) is 29.2 Å². The van der Waals surface area contributed by atoms with Crippen molar-refractivity contribution in [1.29, 1.82) is 0 Å². The summed E-state index contributed by atoms with van der Waals surface area (Å²) in [6, 6.07) is 4.12. The average molecular weight is 455 g/mol. The maximum atomic E-state index is 14.0. The van der Waals surface area contributed by atoms with E-state index >= 15 is 0 Å². The molecule has 0 saturated carbocycles. The van der Waals surface area contributed by atoms with Crippen molar-refractivity contribution in [2.45, 2.75) is 51.0 Å². The first-order valence-electron chi connectivity index (χ1n) is 10.2. The van der Waals surface area contributed by atoms with Gasteiger partial charge in [-0.3, -0.25) is 9.48 Å². The van der Waals surface area contributed by atoms with E-state index in [4.69, 9.17) is 0 Å². The van der Waals surface area contributed by atoms with Gasteiger partial charge in [-0.25, -0.2) is 17.2 Å². The van der Waals surface area contributed by atoms with Gasteiger partial charge in [0.2, 0.25) is 10.0 Å². The number of hydrogen-bond donors (Lipinski definition) is 0. The molecule has 1 aromatic carbocycles. The molecule has 1 amide bonds. The number of carbonyl (C=O) groups is 1. The van der Waals surface area contributed by atoms with Gasteiger partial charge in [-0.2, -0.15) is 9.40 Å². The third-order valence-corrected chi connectivity index (χ3v) is 7.13. The lowest BCUT2D eigenvalue weighted by Crippen LogP contribution is -2.50. The molecule has 1 aromatic heterocycles. The zero-order chi connectivity index (χ0) is 23.1. The molecule has 0 atom stereocenters. The van der Waals surface area contributed by atoms with Gasteiger partial charge in [0.25, 0.3) is 5.91 Å². The summed E-state index contributed by atoms with van der Waals surface area (Å²) >= 11 is 0. The summed E-state index contributed by atoms with van der Waals surface area (Å²) in [5.74, 6) is -1.94. The maximum absolute atomic E-state index is 14.0. The topological polar surface area (TPSA) is 75.5 Å². The Balaban J connectivity index is 1.77. The molecule has 2 heterocycles. The van der Waals surface area contributed by atoms with E-state index in [1.165, 1.54) is 4.90 Å². The second-order valence-corrected chi connectivity index (χ2v) is 10.9. The van der Waals surface area contributed by atoms with Crippen molar-refractivity contribution in [3.63, 3.8) is 0 Å². The molecule has 3 rings (SSSR count). The number of piperazine rings is 1. The average Bonchev–Trinajstić information content (AvgIpc) is 3.15. The summed E-state index contributed by atoms with van der Waals surface area (Å²) in [6.45, 7) is 10.3. The summed E-state index contributed by atoms with van der Waals surface area (Å²) in [5, 5.41) is 4.52. The van der Waals surface area contributed by atoms with Gasteiger partial charge in [-0.1, -0.05) is 13.8 Å². The van der Waals surface area contributed by atoms with E-state index in [-0.39, 0.29) is 43.5 Å². The lowest BCUT2D eigenvalue weighted by Gasteiger charge is -2.33. The molecular weight excluding hydrogens is 426 g/mol. The molecule has 1 aliphatic rings. The molecule has 1 saturated heterocycles. The van der Waals surface area contributed by atoms with E-state index in [9.17, 15) is 22.0 Å². The van der Waals surface area contributed by atoms with E-state index in [2.05, 4.69) is 5.10 Å². The van der Waals surface area contributed by atoms with Crippen LogP contribution in [0, 0.1) is 11.6 Å². The Morgan fingerprint density at radius 2 is 1.68 bits per heavy atom. The van der Waals surface area contributed by atoms with E-state index in [1.807, 2.05) is 39.3 Å². The quantitative estimate of drug-likeness (QED) is 0.711. The highest BCUT2D eigenvalue weighted by Crippen LogP contribution is 2.25. The molecule has 0 spiro atoms. The molecular formula is C21H28F2N4O3S. The third kappa shape index (κ3) is 4.64. The second-order valence-electron chi connectivity index (χ2n) is 8.96. The first-order chi connectivity index (χ1) is 14.3. The highest BCUT2D eigenvalue weighted by Gasteiger charge is 2.33. The number of aromatic nitrogens is 2.